The fraction of sp³-hybridized carbons (Fsp3) is 0.375. The van der Waals surface area contributed by atoms with Crippen LogP contribution in [0.5, 0.6) is 0 Å². The predicted octanol–water partition coefficient (Wildman–Crippen LogP) is 0.689. The Morgan fingerprint density at radius 2 is 1.88 bits per heavy atom. The van der Waals surface area contributed by atoms with E-state index in [4.69, 9.17) is 0 Å². The monoisotopic (exact) mass is 332 g/mol. The lowest BCUT2D eigenvalue weighted by atomic mass is 9.92. The molecular formula is C16H20N4O4. The van der Waals surface area contributed by atoms with Gasteiger partial charge in [0.15, 0.2) is 0 Å². The molecule has 1 aliphatic rings. The molecule has 3 N–H and O–H groups in total. The Kier molecular flexibility index (Phi) is 5.18. The minimum Gasteiger partial charge on any atom is -0.338 e. The van der Waals surface area contributed by atoms with Crippen molar-refractivity contribution < 1.29 is 19.2 Å². The molecule has 0 radical (unpaired) electrons. The summed E-state index contributed by atoms with van der Waals surface area (Å²) in [6.45, 7) is 3.36. The number of nitrogens with zero attached hydrogens (tertiary/aromatic N) is 1. The second-order valence-electron chi connectivity index (χ2n) is 5.62. The first-order valence-electron chi connectivity index (χ1n) is 7.65. The van der Waals surface area contributed by atoms with Gasteiger partial charge in [0, 0.05) is 6.54 Å². The molecule has 1 atom stereocenters. The third-order valence-corrected chi connectivity index (χ3v) is 3.72. The van der Waals surface area contributed by atoms with Crippen molar-refractivity contribution in [1.82, 2.24) is 20.9 Å². The summed E-state index contributed by atoms with van der Waals surface area (Å²) in [6, 6.07) is 7.44. The largest absolute Gasteiger partial charge is 0.338 e. The van der Waals surface area contributed by atoms with Crippen molar-refractivity contribution in [1.29, 1.82) is 0 Å². The number of nitrogens with one attached hydrogen (secondary N) is 3. The fourth-order valence-corrected chi connectivity index (χ4v) is 2.40. The van der Waals surface area contributed by atoms with Crippen LogP contribution in [0.15, 0.2) is 30.3 Å². The third kappa shape index (κ3) is 3.53. The number of hydrogen-bond donors (Lipinski definition) is 3. The Hall–Kier alpha value is -2.90. The van der Waals surface area contributed by atoms with Crippen LogP contribution in [0.4, 0.5) is 9.59 Å². The van der Waals surface area contributed by atoms with Crippen LogP contribution in [0.25, 0.3) is 0 Å². The number of urea groups is 2. The van der Waals surface area contributed by atoms with E-state index in [1.54, 1.807) is 37.3 Å². The van der Waals surface area contributed by atoms with Crippen LogP contribution in [-0.4, -0.2) is 41.9 Å². The Bertz CT molecular complexity index is 661. The molecule has 6 amide bonds. The molecule has 1 saturated heterocycles. The summed E-state index contributed by atoms with van der Waals surface area (Å²) in [4.78, 5) is 48.8. The molecule has 0 bridgehead atoms. The Labute approximate surface area is 139 Å². The van der Waals surface area contributed by atoms with Gasteiger partial charge in [0.05, 0.1) is 0 Å². The lowest BCUT2D eigenvalue weighted by Crippen LogP contribution is -2.47. The normalized spacial score (nSPS) is 19.8. The maximum Gasteiger partial charge on any atom is 0.325 e. The zero-order valence-corrected chi connectivity index (χ0v) is 13.6. The molecule has 0 unspecified atom stereocenters. The van der Waals surface area contributed by atoms with Crippen LogP contribution in [0.2, 0.25) is 0 Å². The van der Waals surface area contributed by atoms with Gasteiger partial charge in [0.25, 0.3) is 5.91 Å². The summed E-state index contributed by atoms with van der Waals surface area (Å²) in [5, 5.41) is 7.16. The smallest absolute Gasteiger partial charge is 0.325 e. The van der Waals surface area contributed by atoms with Gasteiger partial charge in [-0.25, -0.2) is 9.59 Å². The first kappa shape index (κ1) is 17.5. The Balaban J connectivity index is 2.04. The molecule has 8 heteroatoms. The van der Waals surface area contributed by atoms with E-state index in [1.165, 1.54) is 0 Å². The average molecular weight is 332 g/mol. The molecule has 8 nitrogen and oxygen atoms in total. The molecule has 1 aliphatic heterocycles. The van der Waals surface area contributed by atoms with Crippen molar-refractivity contribution in [2.75, 3.05) is 13.1 Å². The number of amides is 6. The molecule has 1 heterocycles. The molecule has 0 aromatic heterocycles. The van der Waals surface area contributed by atoms with Gasteiger partial charge >= 0.3 is 12.1 Å². The first-order chi connectivity index (χ1) is 11.4. The fourth-order valence-electron chi connectivity index (χ4n) is 2.40. The molecule has 1 aromatic carbocycles. The second-order valence-corrected chi connectivity index (χ2v) is 5.62. The van der Waals surface area contributed by atoms with E-state index in [9.17, 15) is 19.2 Å². The van der Waals surface area contributed by atoms with Crippen molar-refractivity contribution in [3.63, 3.8) is 0 Å². The van der Waals surface area contributed by atoms with Gasteiger partial charge in [-0.3, -0.25) is 19.8 Å². The average Bonchev–Trinajstić information content (AvgIpc) is 2.78. The number of rotatable bonds is 5. The number of benzene rings is 1. The summed E-state index contributed by atoms with van der Waals surface area (Å²) >= 11 is 0. The first-order valence-corrected chi connectivity index (χ1v) is 7.65. The molecular weight excluding hydrogens is 312 g/mol. The van der Waals surface area contributed by atoms with Crippen molar-refractivity contribution in [2.45, 2.75) is 25.8 Å². The van der Waals surface area contributed by atoms with Crippen LogP contribution in [0.3, 0.4) is 0 Å². The molecule has 1 aromatic rings. The quantitative estimate of drug-likeness (QED) is 0.689. The van der Waals surface area contributed by atoms with E-state index in [-0.39, 0.29) is 0 Å². The Morgan fingerprint density at radius 1 is 1.21 bits per heavy atom. The lowest BCUT2D eigenvalue weighted by Gasteiger charge is -2.22. The van der Waals surface area contributed by atoms with E-state index in [1.807, 2.05) is 6.92 Å². The standard InChI is InChI=1S/C16H20N4O4/c1-3-9-17-14(23)18-12(21)10-20-13(22)16(2,19-15(20)24)11-7-5-4-6-8-11/h4-8H,3,9-10H2,1-2H3,(H,19,24)(H2,17,18,21,23)/t16-/m0/s1. The van der Waals surface area contributed by atoms with Gasteiger partial charge in [-0.15, -0.1) is 0 Å². The second kappa shape index (κ2) is 7.12. The number of carbonyl (C=O) groups is 4. The number of imide groups is 2. The van der Waals surface area contributed by atoms with E-state index in [2.05, 4.69) is 16.0 Å². The van der Waals surface area contributed by atoms with Crippen LogP contribution in [-0.2, 0) is 15.1 Å². The highest BCUT2D eigenvalue weighted by molar-refractivity contribution is 6.10. The highest BCUT2D eigenvalue weighted by Gasteiger charge is 2.49. The minimum atomic E-state index is -1.23. The lowest BCUT2D eigenvalue weighted by molar-refractivity contribution is -0.134. The highest BCUT2D eigenvalue weighted by Crippen LogP contribution is 2.28. The maximum absolute atomic E-state index is 12.6. The number of carbonyl (C=O) groups excluding carboxylic acids is 4. The van der Waals surface area contributed by atoms with Gasteiger partial charge in [-0.05, 0) is 18.9 Å². The van der Waals surface area contributed by atoms with Crippen molar-refractivity contribution >= 4 is 23.9 Å². The summed E-state index contributed by atoms with van der Waals surface area (Å²) in [7, 11) is 0. The van der Waals surface area contributed by atoms with E-state index in [0.29, 0.717) is 12.1 Å². The molecule has 0 saturated carbocycles. The summed E-state index contributed by atoms with van der Waals surface area (Å²) in [6.07, 6.45) is 0.726. The van der Waals surface area contributed by atoms with E-state index in [0.717, 1.165) is 11.3 Å². The van der Waals surface area contributed by atoms with Crippen molar-refractivity contribution in [3.05, 3.63) is 35.9 Å². The Morgan fingerprint density at radius 3 is 2.50 bits per heavy atom. The van der Waals surface area contributed by atoms with Gasteiger partial charge in [-0.2, -0.15) is 0 Å². The topological polar surface area (TPSA) is 108 Å². The van der Waals surface area contributed by atoms with Gasteiger partial charge in [0.1, 0.15) is 12.1 Å². The molecule has 128 valence electrons. The molecule has 0 aliphatic carbocycles. The predicted molar refractivity (Wildman–Crippen MR) is 85.9 cm³/mol. The maximum atomic E-state index is 12.6. The minimum absolute atomic E-state index is 0.425. The zero-order valence-electron chi connectivity index (χ0n) is 13.6. The molecule has 1 fully saturated rings. The summed E-state index contributed by atoms with van der Waals surface area (Å²) in [5.41, 5.74) is -0.615. The van der Waals surface area contributed by atoms with Gasteiger partial charge in [-0.1, -0.05) is 37.3 Å². The molecule has 0 spiro atoms. The van der Waals surface area contributed by atoms with E-state index >= 15 is 0 Å². The van der Waals surface area contributed by atoms with Gasteiger partial charge in [0.2, 0.25) is 5.91 Å². The van der Waals surface area contributed by atoms with Crippen LogP contribution in [0, 0.1) is 0 Å². The van der Waals surface area contributed by atoms with Crippen molar-refractivity contribution in [2.24, 2.45) is 0 Å². The van der Waals surface area contributed by atoms with Gasteiger partial charge < -0.3 is 10.6 Å². The van der Waals surface area contributed by atoms with E-state index < -0.39 is 36.0 Å². The van der Waals surface area contributed by atoms with Crippen molar-refractivity contribution in [3.8, 4) is 0 Å². The van der Waals surface area contributed by atoms with Crippen LogP contribution < -0.4 is 16.0 Å². The zero-order chi connectivity index (χ0) is 17.7. The summed E-state index contributed by atoms with van der Waals surface area (Å²) < 4.78 is 0. The number of hydrogen-bond acceptors (Lipinski definition) is 4. The highest BCUT2D eigenvalue weighted by atomic mass is 16.2. The molecule has 24 heavy (non-hydrogen) atoms. The van der Waals surface area contributed by atoms with Crippen LogP contribution >= 0.6 is 0 Å². The summed E-state index contributed by atoms with van der Waals surface area (Å²) in [5.74, 6) is -1.27. The SMILES string of the molecule is CCCNC(=O)NC(=O)CN1C(=O)N[C@@](C)(c2ccccc2)C1=O. The molecule has 2 rings (SSSR count). The third-order valence-electron chi connectivity index (χ3n) is 3.72. The van der Waals surface area contributed by atoms with Crippen LogP contribution in [0.1, 0.15) is 25.8 Å².